The molecule has 3 aromatic rings. The van der Waals surface area contributed by atoms with Gasteiger partial charge < -0.3 is 10.2 Å². The molecule has 0 bridgehead atoms. The zero-order valence-electron chi connectivity index (χ0n) is 16.3. The lowest BCUT2D eigenvalue weighted by Gasteiger charge is -2.31. The van der Waals surface area contributed by atoms with Crippen molar-refractivity contribution >= 4 is 17.4 Å². The second-order valence-corrected chi connectivity index (χ2v) is 7.08. The number of carbonyl (C=O) groups is 1. The highest BCUT2D eigenvalue weighted by atomic mass is 19.1. The molecule has 0 saturated carbocycles. The molecule has 4 heterocycles. The number of piperidine rings is 1. The van der Waals surface area contributed by atoms with E-state index in [1.54, 1.807) is 23.0 Å². The highest BCUT2D eigenvalue weighted by Gasteiger charge is 2.26. The zero-order chi connectivity index (χ0) is 20.2. The minimum absolute atomic E-state index is 0.00467. The summed E-state index contributed by atoms with van der Waals surface area (Å²) in [5.74, 6) is 0.519. The van der Waals surface area contributed by atoms with Crippen LogP contribution >= 0.6 is 0 Å². The van der Waals surface area contributed by atoms with Crippen LogP contribution in [-0.4, -0.2) is 43.6 Å². The molecule has 0 unspecified atom stereocenters. The maximum atomic E-state index is 12.9. The van der Waals surface area contributed by atoms with Gasteiger partial charge in [-0.1, -0.05) is 0 Å². The first-order chi connectivity index (χ1) is 14.1. The Hall–Kier alpha value is -3.29. The molecule has 1 aliphatic heterocycles. The van der Waals surface area contributed by atoms with Gasteiger partial charge in [-0.15, -0.1) is 0 Å². The standard InChI is InChI=1S/C21H23FN6O/c1-2-28-12-9-19(26-28)21(29)27-10-7-15(8-11-27)18-5-4-17(14-23-18)25-20-6-3-16(22)13-24-20/h3-6,9,12-15H,2,7-8,10-11H2,1H3,(H,24,25). The summed E-state index contributed by atoms with van der Waals surface area (Å²) in [6.45, 7) is 4.15. The third-order valence-corrected chi connectivity index (χ3v) is 5.17. The molecule has 4 rings (SSSR count). The van der Waals surface area contributed by atoms with E-state index in [2.05, 4.69) is 20.4 Å². The van der Waals surface area contributed by atoms with Crippen molar-refractivity contribution in [3.05, 3.63) is 66.1 Å². The van der Waals surface area contributed by atoms with E-state index in [0.717, 1.165) is 30.8 Å². The van der Waals surface area contributed by atoms with E-state index in [-0.39, 0.29) is 11.7 Å². The van der Waals surface area contributed by atoms with Crippen molar-refractivity contribution in [2.45, 2.75) is 32.2 Å². The molecule has 0 aliphatic carbocycles. The topological polar surface area (TPSA) is 75.9 Å². The number of hydrogen-bond donors (Lipinski definition) is 1. The summed E-state index contributed by atoms with van der Waals surface area (Å²) < 4.78 is 14.7. The molecule has 0 aromatic carbocycles. The van der Waals surface area contributed by atoms with Gasteiger partial charge in [-0.3, -0.25) is 14.5 Å². The normalized spacial score (nSPS) is 14.8. The van der Waals surface area contributed by atoms with E-state index in [1.807, 2.05) is 30.2 Å². The number of rotatable bonds is 5. The van der Waals surface area contributed by atoms with E-state index in [1.165, 1.54) is 12.3 Å². The molecule has 0 atom stereocenters. The van der Waals surface area contributed by atoms with Crippen LogP contribution in [0.1, 0.15) is 41.9 Å². The maximum Gasteiger partial charge on any atom is 0.274 e. The first kappa shape index (κ1) is 19.0. The molecule has 3 aromatic heterocycles. The van der Waals surface area contributed by atoms with Crippen molar-refractivity contribution in [2.24, 2.45) is 0 Å². The van der Waals surface area contributed by atoms with E-state index in [4.69, 9.17) is 0 Å². The van der Waals surface area contributed by atoms with Crippen LogP contribution in [0.15, 0.2) is 48.9 Å². The number of nitrogens with one attached hydrogen (secondary N) is 1. The summed E-state index contributed by atoms with van der Waals surface area (Å²) in [4.78, 5) is 23.0. The largest absolute Gasteiger partial charge is 0.339 e. The number of aryl methyl sites for hydroxylation is 1. The monoisotopic (exact) mass is 394 g/mol. The lowest BCUT2D eigenvalue weighted by molar-refractivity contribution is 0.0705. The fourth-order valence-electron chi connectivity index (χ4n) is 3.51. The van der Waals surface area contributed by atoms with Crippen molar-refractivity contribution in [3.63, 3.8) is 0 Å². The number of anilines is 2. The lowest BCUT2D eigenvalue weighted by Crippen LogP contribution is -2.38. The fourth-order valence-corrected chi connectivity index (χ4v) is 3.51. The van der Waals surface area contributed by atoms with Crippen LogP contribution in [0.3, 0.4) is 0 Å². The van der Waals surface area contributed by atoms with Crippen LogP contribution in [0.2, 0.25) is 0 Å². The second-order valence-electron chi connectivity index (χ2n) is 7.08. The Bertz CT molecular complexity index is 962. The summed E-state index contributed by atoms with van der Waals surface area (Å²) in [5, 5.41) is 7.42. The van der Waals surface area contributed by atoms with Gasteiger partial charge in [0, 0.05) is 37.4 Å². The molecule has 1 aliphatic rings. The number of hydrogen-bond acceptors (Lipinski definition) is 5. The Labute approximate surface area is 168 Å². The number of aromatic nitrogens is 4. The smallest absolute Gasteiger partial charge is 0.274 e. The Kier molecular flexibility index (Phi) is 5.50. The Morgan fingerprint density at radius 3 is 2.59 bits per heavy atom. The highest BCUT2D eigenvalue weighted by Crippen LogP contribution is 2.28. The lowest BCUT2D eigenvalue weighted by atomic mass is 9.93. The summed E-state index contributed by atoms with van der Waals surface area (Å²) in [6, 6.07) is 8.67. The molecule has 0 spiro atoms. The van der Waals surface area contributed by atoms with Gasteiger partial charge in [0.05, 0.1) is 18.1 Å². The van der Waals surface area contributed by atoms with Crippen LogP contribution in [0.5, 0.6) is 0 Å². The minimum Gasteiger partial charge on any atom is -0.339 e. The van der Waals surface area contributed by atoms with Gasteiger partial charge in [0.25, 0.3) is 5.91 Å². The van der Waals surface area contributed by atoms with Gasteiger partial charge in [0.1, 0.15) is 17.3 Å². The number of halogens is 1. The second kappa shape index (κ2) is 8.38. The molecular weight excluding hydrogens is 371 g/mol. The summed E-state index contributed by atoms with van der Waals surface area (Å²) in [7, 11) is 0. The third kappa shape index (κ3) is 4.42. The third-order valence-electron chi connectivity index (χ3n) is 5.17. The quantitative estimate of drug-likeness (QED) is 0.716. The van der Waals surface area contributed by atoms with Gasteiger partial charge in [-0.25, -0.2) is 9.37 Å². The summed E-state index contributed by atoms with van der Waals surface area (Å²) in [6.07, 6.45) is 6.52. The maximum absolute atomic E-state index is 12.9. The van der Waals surface area contributed by atoms with Gasteiger partial charge in [-0.2, -0.15) is 5.10 Å². The number of amides is 1. The van der Waals surface area contributed by atoms with E-state index in [0.29, 0.717) is 30.5 Å². The predicted octanol–water partition coefficient (Wildman–Crippen LogP) is 3.60. The predicted molar refractivity (Wildman–Crippen MR) is 107 cm³/mol. The first-order valence-electron chi connectivity index (χ1n) is 9.79. The van der Waals surface area contributed by atoms with Gasteiger partial charge >= 0.3 is 0 Å². The first-order valence-corrected chi connectivity index (χ1v) is 9.79. The number of likely N-dealkylation sites (tertiary alicyclic amines) is 1. The minimum atomic E-state index is -0.368. The van der Waals surface area contributed by atoms with Crippen molar-refractivity contribution in [1.29, 1.82) is 0 Å². The van der Waals surface area contributed by atoms with E-state index >= 15 is 0 Å². The molecule has 29 heavy (non-hydrogen) atoms. The van der Waals surface area contributed by atoms with Crippen LogP contribution in [0.25, 0.3) is 0 Å². The van der Waals surface area contributed by atoms with Crippen molar-refractivity contribution < 1.29 is 9.18 Å². The number of carbonyl (C=O) groups excluding carboxylic acids is 1. The van der Waals surface area contributed by atoms with Crippen LogP contribution in [0.4, 0.5) is 15.9 Å². The van der Waals surface area contributed by atoms with E-state index < -0.39 is 0 Å². The summed E-state index contributed by atoms with van der Waals surface area (Å²) in [5.41, 5.74) is 2.32. The van der Waals surface area contributed by atoms with Crippen LogP contribution in [0, 0.1) is 5.82 Å². The Morgan fingerprint density at radius 1 is 1.14 bits per heavy atom. The Balaban J connectivity index is 1.33. The number of pyridine rings is 2. The van der Waals surface area contributed by atoms with Gasteiger partial charge in [0.2, 0.25) is 0 Å². The average molecular weight is 394 g/mol. The van der Waals surface area contributed by atoms with Gasteiger partial charge in [0.15, 0.2) is 0 Å². The fraction of sp³-hybridized carbons (Fsp3) is 0.333. The molecule has 7 nitrogen and oxygen atoms in total. The van der Waals surface area contributed by atoms with Crippen LogP contribution in [-0.2, 0) is 6.54 Å². The average Bonchev–Trinajstić information content (AvgIpc) is 3.25. The van der Waals surface area contributed by atoms with Crippen molar-refractivity contribution in [2.75, 3.05) is 18.4 Å². The molecule has 1 amide bonds. The molecule has 1 saturated heterocycles. The molecule has 0 radical (unpaired) electrons. The molecular formula is C21H23FN6O. The molecule has 1 N–H and O–H groups in total. The van der Waals surface area contributed by atoms with Crippen molar-refractivity contribution in [1.82, 2.24) is 24.6 Å². The van der Waals surface area contributed by atoms with Crippen molar-refractivity contribution in [3.8, 4) is 0 Å². The Morgan fingerprint density at radius 2 is 1.97 bits per heavy atom. The SMILES string of the molecule is CCn1ccc(C(=O)N2CCC(c3ccc(Nc4ccc(F)cn4)cn3)CC2)n1. The highest BCUT2D eigenvalue weighted by molar-refractivity contribution is 5.92. The van der Waals surface area contributed by atoms with Crippen LogP contribution < -0.4 is 5.32 Å². The molecule has 150 valence electrons. The molecule has 8 heteroatoms. The zero-order valence-corrected chi connectivity index (χ0v) is 16.3. The van der Waals surface area contributed by atoms with Gasteiger partial charge in [-0.05, 0) is 50.1 Å². The summed E-state index contributed by atoms with van der Waals surface area (Å²) >= 11 is 0. The number of nitrogens with zero attached hydrogens (tertiary/aromatic N) is 5. The van der Waals surface area contributed by atoms with E-state index in [9.17, 15) is 9.18 Å². The molecule has 1 fully saturated rings.